The summed E-state index contributed by atoms with van der Waals surface area (Å²) >= 11 is 0. The lowest BCUT2D eigenvalue weighted by molar-refractivity contribution is -0.153. The molecule has 2 saturated carbocycles. The fraction of sp³-hybridized carbons (Fsp3) is 0.559. The van der Waals surface area contributed by atoms with Gasteiger partial charge in [0.2, 0.25) is 11.8 Å². The number of carbonyl (C=O) groups is 3. The van der Waals surface area contributed by atoms with E-state index in [0.717, 1.165) is 69.8 Å². The van der Waals surface area contributed by atoms with E-state index in [2.05, 4.69) is 5.32 Å². The summed E-state index contributed by atoms with van der Waals surface area (Å²) in [5.41, 5.74) is 0.0888. The van der Waals surface area contributed by atoms with Crippen molar-refractivity contribution in [3.8, 4) is 11.5 Å². The number of para-hydroxylation sites is 1. The van der Waals surface area contributed by atoms with Gasteiger partial charge in [0.15, 0.2) is 11.5 Å². The number of hydrogen-bond acceptors (Lipinski definition) is 6. The van der Waals surface area contributed by atoms with E-state index in [9.17, 15) is 19.5 Å². The van der Waals surface area contributed by atoms with E-state index in [1.165, 1.54) is 4.90 Å². The van der Waals surface area contributed by atoms with Gasteiger partial charge in [-0.15, -0.1) is 0 Å². The zero-order chi connectivity index (χ0) is 29.3. The minimum absolute atomic E-state index is 0.162. The van der Waals surface area contributed by atoms with Crippen molar-refractivity contribution in [2.75, 3.05) is 7.11 Å². The first-order chi connectivity index (χ1) is 20.4. The van der Waals surface area contributed by atoms with Crippen LogP contribution in [0.5, 0.6) is 11.5 Å². The number of nitrogens with zero attached hydrogens (tertiary/aromatic N) is 1. The molecule has 4 fully saturated rings. The number of methoxy groups -OCH3 is 1. The van der Waals surface area contributed by atoms with Crippen LogP contribution in [-0.4, -0.2) is 46.5 Å². The molecule has 0 spiro atoms. The number of benzene rings is 2. The number of carboxylic acids is 1. The number of ether oxygens (including phenoxy) is 2. The maximum Gasteiger partial charge on any atom is 0.324 e. The maximum absolute atomic E-state index is 14.3. The Balaban J connectivity index is 1.43. The number of rotatable bonds is 9. The van der Waals surface area contributed by atoms with Gasteiger partial charge in [-0.2, -0.15) is 0 Å². The zero-order valence-corrected chi connectivity index (χ0v) is 24.4. The van der Waals surface area contributed by atoms with Gasteiger partial charge in [0, 0.05) is 17.6 Å². The second kappa shape index (κ2) is 12.1. The second-order valence-electron chi connectivity index (χ2n) is 12.6. The van der Waals surface area contributed by atoms with Crippen molar-refractivity contribution < 1.29 is 29.0 Å². The van der Waals surface area contributed by atoms with Crippen LogP contribution in [0.3, 0.4) is 0 Å². The Bertz CT molecular complexity index is 1300. The number of carboxylic acid groups (broad SMARTS) is 1. The van der Waals surface area contributed by atoms with Gasteiger partial charge in [0.25, 0.3) is 0 Å². The van der Waals surface area contributed by atoms with Crippen LogP contribution in [0.4, 0.5) is 0 Å². The van der Waals surface area contributed by atoms with Gasteiger partial charge in [0.1, 0.15) is 12.1 Å². The lowest BCUT2D eigenvalue weighted by atomic mass is 9.72. The van der Waals surface area contributed by atoms with Crippen LogP contribution in [0.1, 0.15) is 87.8 Å². The van der Waals surface area contributed by atoms with E-state index in [4.69, 9.17) is 9.47 Å². The monoisotopic (exact) mass is 574 g/mol. The molecule has 2 amide bonds. The molecular formula is C34H42N2O6. The Kier molecular flexibility index (Phi) is 8.26. The number of hydrogen-bond donors (Lipinski definition) is 2. The highest BCUT2D eigenvalue weighted by Crippen LogP contribution is 2.55. The molecule has 42 heavy (non-hydrogen) atoms. The van der Waals surface area contributed by atoms with Crippen LogP contribution in [-0.2, 0) is 21.0 Å². The molecule has 2 heterocycles. The molecule has 0 radical (unpaired) electrons. The Labute approximate surface area is 247 Å². The third kappa shape index (κ3) is 5.08. The molecule has 2 aliphatic heterocycles. The number of likely N-dealkylation sites (tertiary alicyclic amines) is 1. The number of carbonyl (C=O) groups excluding carboxylic acids is 2. The van der Waals surface area contributed by atoms with E-state index in [0.29, 0.717) is 23.5 Å². The summed E-state index contributed by atoms with van der Waals surface area (Å²) in [6, 6.07) is 14.4. The Morgan fingerprint density at radius 3 is 2.29 bits per heavy atom. The first kappa shape index (κ1) is 28.7. The standard InChI is InChI=1S/C34H42N2O6/c1-41-26-19-11-18-25(30(26)42-21-23-14-7-3-8-15-23)29-27-28(32(38)36(31(27)37)24-16-9-4-10-17-24)34(35-29,33(39)40)20-22-12-5-2-6-13-22/h3,7-8,11,14-15,18-19,22,24,27-29,35H,2,4-6,9-10,12-13,16-17,20-21H2,1H3,(H,39,40). The molecule has 0 bridgehead atoms. The van der Waals surface area contributed by atoms with E-state index in [1.54, 1.807) is 13.2 Å². The van der Waals surface area contributed by atoms with Crippen molar-refractivity contribution in [3.05, 3.63) is 59.7 Å². The van der Waals surface area contributed by atoms with Gasteiger partial charge in [-0.3, -0.25) is 24.6 Å². The molecule has 2 aromatic carbocycles. The van der Waals surface area contributed by atoms with Gasteiger partial charge < -0.3 is 14.6 Å². The van der Waals surface area contributed by atoms with E-state index in [1.807, 2.05) is 42.5 Å². The lowest BCUT2D eigenvalue weighted by Gasteiger charge is -2.37. The predicted molar refractivity (Wildman–Crippen MR) is 157 cm³/mol. The van der Waals surface area contributed by atoms with Gasteiger partial charge in [-0.1, -0.05) is 93.8 Å². The minimum Gasteiger partial charge on any atom is -0.493 e. The topological polar surface area (TPSA) is 105 Å². The highest BCUT2D eigenvalue weighted by atomic mass is 16.5. The predicted octanol–water partition coefficient (Wildman–Crippen LogP) is 5.65. The van der Waals surface area contributed by atoms with Crippen molar-refractivity contribution in [1.29, 1.82) is 0 Å². The molecule has 2 aliphatic carbocycles. The molecule has 2 aromatic rings. The highest BCUT2D eigenvalue weighted by molar-refractivity contribution is 6.09. The van der Waals surface area contributed by atoms with Crippen LogP contribution in [0.2, 0.25) is 0 Å². The van der Waals surface area contributed by atoms with Gasteiger partial charge in [-0.05, 0) is 36.8 Å². The summed E-state index contributed by atoms with van der Waals surface area (Å²) in [5, 5.41) is 14.4. The molecule has 2 saturated heterocycles. The third-order valence-corrected chi connectivity index (χ3v) is 10.1. The van der Waals surface area contributed by atoms with Crippen molar-refractivity contribution in [2.45, 2.75) is 94.9 Å². The van der Waals surface area contributed by atoms with E-state index < -0.39 is 29.4 Å². The summed E-state index contributed by atoms with van der Waals surface area (Å²) in [5.74, 6) is -2.26. The number of aliphatic carboxylic acids is 1. The first-order valence-electron chi connectivity index (χ1n) is 15.7. The SMILES string of the molecule is COc1cccc(C2NC(CC3CCCCC3)(C(=O)O)C3C(=O)N(C4CCCCC4)C(=O)C23)c1OCc1ccccc1. The molecular weight excluding hydrogens is 532 g/mol. The maximum atomic E-state index is 14.3. The molecule has 0 aromatic heterocycles. The average molecular weight is 575 g/mol. The Hall–Kier alpha value is -3.39. The van der Waals surface area contributed by atoms with E-state index >= 15 is 0 Å². The fourth-order valence-corrected chi connectivity index (χ4v) is 8.13. The van der Waals surface area contributed by atoms with Gasteiger partial charge in [0.05, 0.1) is 18.9 Å². The minimum atomic E-state index is -1.53. The number of nitrogens with one attached hydrogen (secondary N) is 1. The third-order valence-electron chi connectivity index (χ3n) is 10.1. The molecule has 8 heteroatoms. The van der Waals surface area contributed by atoms with Crippen molar-refractivity contribution >= 4 is 17.8 Å². The molecule has 8 nitrogen and oxygen atoms in total. The lowest BCUT2D eigenvalue weighted by Crippen LogP contribution is -2.57. The molecule has 4 unspecified atom stereocenters. The van der Waals surface area contributed by atoms with Crippen molar-refractivity contribution in [3.63, 3.8) is 0 Å². The van der Waals surface area contributed by atoms with Crippen molar-refractivity contribution in [1.82, 2.24) is 10.2 Å². The Morgan fingerprint density at radius 2 is 1.62 bits per heavy atom. The number of fused-ring (bicyclic) bond motifs is 1. The first-order valence-corrected chi connectivity index (χ1v) is 15.7. The van der Waals surface area contributed by atoms with Crippen LogP contribution in [0, 0.1) is 17.8 Å². The largest absolute Gasteiger partial charge is 0.493 e. The highest BCUT2D eigenvalue weighted by Gasteiger charge is 2.69. The summed E-state index contributed by atoms with van der Waals surface area (Å²) in [4.78, 5) is 43.5. The van der Waals surface area contributed by atoms with Crippen LogP contribution < -0.4 is 14.8 Å². The van der Waals surface area contributed by atoms with Crippen molar-refractivity contribution in [2.24, 2.45) is 17.8 Å². The summed E-state index contributed by atoms with van der Waals surface area (Å²) in [6.07, 6.45) is 10.1. The quantitative estimate of drug-likeness (QED) is 0.373. The number of amides is 2. The van der Waals surface area contributed by atoms with Crippen LogP contribution in [0.15, 0.2) is 48.5 Å². The van der Waals surface area contributed by atoms with Crippen LogP contribution in [0.25, 0.3) is 0 Å². The molecule has 4 aliphatic rings. The average Bonchev–Trinajstić information content (AvgIpc) is 3.50. The second-order valence-corrected chi connectivity index (χ2v) is 12.6. The van der Waals surface area contributed by atoms with E-state index in [-0.39, 0.29) is 30.4 Å². The molecule has 4 atom stereocenters. The molecule has 224 valence electrons. The number of imide groups is 1. The summed E-state index contributed by atoms with van der Waals surface area (Å²) < 4.78 is 12.1. The normalized spacial score (nSPS) is 28.6. The molecule has 2 N–H and O–H groups in total. The fourth-order valence-electron chi connectivity index (χ4n) is 8.13. The van der Waals surface area contributed by atoms with Gasteiger partial charge in [-0.25, -0.2) is 0 Å². The van der Waals surface area contributed by atoms with Gasteiger partial charge >= 0.3 is 5.97 Å². The molecule has 6 rings (SSSR count). The summed E-state index contributed by atoms with van der Waals surface area (Å²) in [7, 11) is 1.57. The smallest absolute Gasteiger partial charge is 0.324 e. The zero-order valence-electron chi connectivity index (χ0n) is 24.4. The van der Waals surface area contributed by atoms with Crippen LogP contribution >= 0.6 is 0 Å². The summed E-state index contributed by atoms with van der Waals surface area (Å²) in [6.45, 7) is 0.280. The Morgan fingerprint density at radius 1 is 0.929 bits per heavy atom.